The van der Waals surface area contributed by atoms with Crippen LogP contribution in [0.5, 0.6) is 0 Å². The quantitative estimate of drug-likeness (QED) is 0.936. The summed E-state index contributed by atoms with van der Waals surface area (Å²) in [6.07, 6.45) is 2.26. The van der Waals surface area contributed by atoms with Crippen molar-refractivity contribution in [3.05, 3.63) is 42.2 Å². The van der Waals surface area contributed by atoms with Crippen molar-refractivity contribution in [2.24, 2.45) is 5.73 Å². The number of hydrogen-bond acceptors (Lipinski definition) is 5. The maximum atomic E-state index is 14.3. The summed E-state index contributed by atoms with van der Waals surface area (Å²) in [5.41, 5.74) is 6.89. The standard InChI is InChI=1S/C15H15FN4O2/c1-9-18-6-10(7-19-9)13-3-2-11(4-14(13)16)20-8-12(5-17)22-15(20)21/h2-4,6-7,12H,5,8,17H2,1H3/t12-/m0/s1. The zero-order chi connectivity index (χ0) is 15.7. The van der Waals surface area contributed by atoms with Gasteiger partial charge >= 0.3 is 6.09 Å². The van der Waals surface area contributed by atoms with Crippen LogP contribution in [-0.4, -0.2) is 35.3 Å². The van der Waals surface area contributed by atoms with Gasteiger partial charge in [0.2, 0.25) is 0 Å². The number of carbonyl (C=O) groups excluding carboxylic acids is 1. The predicted octanol–water partition coefficient (Wildman–Crippen LogP) is 1.88. The molecule has 0 radical (unpaired) electrons. The van der Waals surface area contributed by atoms with Crippen LogP contribution in [0.2, 0.25) is 0 Å². The average molecular weight is 302 g/mol. The number of nitrogens with two attached hydrogens (primary N) is 1. The first kappa shape index (κ1) is 14.4. The largest absolute Gasteiger partial charge is 0.443 e. The summed E-state index contributed by atoms with van der Waals surface area (Å²) in [6.45, 7) is 2.32. The van der Waals surface area contributed by atoms with E-state index in [9.17, 15) is 9.18 Å². The molecule has 0 aliphatic carbocycles. The molecule has 6 nitrogen and oxygen atoms in total. The van der Waals surface area contributed by atoms with E-state index in [0.717, 1.165) is 0 Å². The molecule has 114 valence electrons. The van der Waals surface area contributed by atoms with Gasteiger partial charge in [-0.15, -0.1) is 0 Å². The number of anilines is 1. The first-order chi connectivity index (χ1) is 10.6. The molecule has 1 aromatic carbocycles. The Morgan fingerprint density at radius 3 is 2.73 bits per heavy atom. The van der Waals surface area contributed by atoms with Crippen LogP contribution >= 0.6 is 0 Å². The molecule has 1 saturated heterocycles. The topological polar surface area (TPSA) is 81.3 Å². The summed E-state index contributed by atoms with van der Waals surface area (Å²) in [5, 5.41) is 0. The molecule has 0 unspecified atom stereocenters. The summed E-state index contributed by atoms with van der Waals surface area (Å²) in [5.74, 6) is 0.169. The monoisotopic (exact) mass is 302 g/mol. The molecule has 2 N–H and O–H groups in total. The summed E-state index contributed by atoms with van der Waals surface area (Å²) in [6, 6.07) is 4.57. The molecule has 2 heterocycles. The van der Waals surface area contributed by atoms with Crippen LogP contribution in [0.15, 0.2) is 30.6 Å². The summed E-state index contributed by atoms with van der Waals surface area (Å²) >= 11 is 0. The van der Waals surface area contributed by atoms with Gasteiger partial charge in [0.25, 0.3) is 0 Å². The van der Waals surface area contributed by atoms with Crippen molar-refractivity contribution in [3.63, 3.8) is 0 Å². The Morgan fingerprint density at radius 2 is 2.14 bits per heavy atom. The molecule has 1 amide bonds. The minimum atomic E-state index is -0.513. The Morgan fingerprint density at radius 1 is 1.41 bits per heavy atom. The zero-order valence-corrected chi connectivity index (χ0v) is 12.0. The molecule has 7 heteroatoms. The second-order valence-corrected chi connectivity index (χ2v) is 5.04. The van der Waals surface area contributed by atoms with Crippen molar-refractivity contribution in [1.29, 1.82) is 0 Å². The normalized spacial score (nSPS) is 17.7. The maximum Gasteiger partial charge on any atom is 0.414 e. The number of amides is 1. The van der Waals surface area contributed by atoms with Crippen LogP contribution < -0.4 is 10.6 Å². The van der Waals surface area contributed by atoms with Gasteiger partial charge in [0.15, 0.2) is 0 Å². The average Bonchev–Trinajstić information content (AvgIpc) is 2.89. The van der Waals surface area contributed by atoms with E-state index < -0.39 is 11.9 Å². The first-order valence-electron chi connectivity index (χ1n) is 6.85. The Bertz CT molecular complexity index is 705. The summed E-state index contributed by atoms with van der Waals surface area (Å²) in [7, 11) is 0. The van der Waals surface area contributed by atoms with Crippen molar-refractivity contribution >= 4 is 11.8 Å². The molecule has 1 aromatic heterocycles. The maximum absolute atomic E-state index is 14.3. The van der Waals surface area contributed by atoms with Gasteiger partial charge in [-0.25, -0.2) is 19.2 Å². The van der Waals surface area contributed by atoms with Gasteiger partial charge in [0.05, 0.1) is 12.2 Å². The van der Waals surface area contributed by atoms with Crippen LogP contribution in [-0.2, 0) is 4.74 Å². The zero-order valence-electron chi connectivity index (χ0n) is 12.0. The second kappa shape index (κ2) is 5.69. The Kier molecular flexibility index (Phi) is 3.72. The minimum absolute atomic E-state index is 0.240. The fourth-order valence-corrected chi connectivity index (χ4v) is 2.29. The van der Waals surface area contributed by atoms with Crippen molar-refractivity contribution in [3.8, 4) is 11.1 Å². The molecule has 0 bridgehead atoms. The smallest absolute Gasteiger partial charge is 0.414 e. The van der Waals surface area contributed by atoms with Crippen LogP contribution in [0.3, 0.4) is 0 Å². The van der Waals surface area contributed by atoms with Crippen molar-refractivity contribution in [1.82, 2.24) is 9.97 Å². The lowest BCUT2D eigenvalue weighted by atomic mass is 10.1. The molecular weight excluding hydrogens is 287 g/mol. The number of ether oxygens (including phenoxy) is 1. The third-order valence-corrected chi connectivity index (χ3v) is 3.49. The van der Waals surface area contributed by atoms with Crippen molar-refractivity contribution in [2.45, 2.75) is 13.0 Å². The van der Waals surface area contributed by atoms with Crippen molar-refractivity contribution < 1.29 is 13.9 Å². The summed E-state index contributed by atoms with van der Waals surface area (Å²) < 4.78 is 19.4. The highest BCUT2D eigenvalue weighted by molar-refractivity contribution is 5.90. The minimum Gasteiger partial charge on any atom is -0.443 e. The predicted molar refractivity (Wildman–Crippen MR) is 78.8 cm³/mol. The van der Waals surface area contributed by atoms with E-state index in [1.54, 1.807) is 31.5 Å². The van der Waals surface area contributed by atoms with Crippen molar-refractivity contribution in [2.75, 3.05) is 18.0 Å². The molecule has 1 atom stereocenters. The number of aromatic nitrogens is 2. The van der Waals surface area contributed by atoms with Gasteiger partial charge in [-0.3, -0.25) is 4.90 Å². The van der Waals surface area contributed by atoms with E-state index in [0.29, 0.717) is 29.2 Å². The molecular formula is C15H15FN4O2. The summed E-state index contributed by atoms with van der Waals surface area (Å²) in [4.78, 5) is 21.2. The van der Waals surface area contributed by atoms with E-state index in [2.05, 4.69) is 9.97 Å². The Hall–Kier alpha value is -2.54. The number of cyclic esters (lactones) is 1. The Labute approximate surface area is 126 Å². The molecule has 22 heavy (non-hydrogen) atoms. The molecule has 1 aliphatic rings. The highest BCUT2D eigenvalue weighted by Crippen LogP contribution is 2.28. The highest BCUT2D eigenvalue weighted by atomic mass is 19.1. The number of aryl methyl sites for hydroxylation is 1. The number of hydrogen-bond donors (Lipinski definition) is 1. The van der Waals surface area contributed by atoms with Crippen LogP contribution in [0.25, 0.3) is 11.1 Å². The van der Waals surface area contributed by atoms with Gasteiger partial charge in [-0.1, -0.05) is 0 Å². The number of rotatable bonds is 3. The van der Waals surface area contributed by atoms with Gasteiger partial charge in [-0.05, 0) is 25.1 Å². The highest BCUT2D eigenvalue weighted by Gasteiger charge is 2.31. The van der Waals surface area contributed by atoms with Gasteiger partial charge in [0.1, 0.15) is 17.7 Å². The molecule has 1 aliphatic heterocycles. The number of halogens is 1. The number of nitrogens with zero attached hydrogens (tertiary/aromatic N) is 3. The second-order valence-electron chi connectivity index (χ2n) is 5.04. The van der Waals surface area contributed by atoms with E-state index in [1.807, 2.05) is 0 Å². The third kappa shape index (κ3) is 2.62. The van der Waals surface area contributed by atoms with E-state index in [4.69, 9.17) is 10.5 Å². The van der Waals surface area contributed by atoms with Gasteiger partial charge in [0, 0.05) is 30.1 Å². The van der Waals surface area contributed by atoms with Crippen LogP contribution in [0.1, 0.15) is 5.82 Å². The lowest BCUT2D eigenvalue weighted by Gasteiger charge is -2.14. The third-order valence-electron chi connectivity index (χ3n) is 3.49. The number of carbonyl (C=O) groups is 1. The van der Waals surface area contributed by atoms with E-state index >= 15 is 0 Å². The van der Waals surface area contributed by atoms with E-state index in [1.165, 1.54) is 11.0 Å². The first-order valence-corrected chi connectivity index (χ1v) is 6.85. The van der Waals surface area contributed by atoms with Gasteiger partial charge in [-0.2, -0.15) is 0 Å². The molecule has 0 saturated carbocycles. The number of benzene rings is 1. The molecule has 1 fully saturated rings. The SMILES string of the molecule is Cc1ncc(-c2ccc(N3C[C@H](CN)OC3=O)cc2F)cn1. The van der Waals surface area contributed by atoms with Crippen LogP contribution in [0.4, 0.5) is 14.9 Å². The lowest BCUT2D eigenvalue weighted by molar-refractivity contribution is 0.145. The lowest BCUT2D eigenvalue weighted by Crippen LogP contribution is -2.27. The molecule has 3 rings (SSSR count). The Balaban J connectivity index is 1.89. The molecule has 2 aromatic rings. The fraction of sp³-hybridized carbons (Fsp3) is 0.267. The fourth-order valence-electron chi connectivity index (χ4n) is 2.29. The van der Waals surface area contributed by atoms with Gasteiger partial charge < -0.3 is 10.5 Å². The molecule has 0 spiro atoms. The van der Waals surface area contributed by atoms with Crippen LogP contribution in [0, 0.1) is 12.7 Å². The van der Waals surface area contributed by atoms with E-state index in [-0.39, 0.29) is 12.6 Å².